The van der Waals surface area contributed by atoms with E-state index < -0.39 is 12.0 Å². The van der Waals surface area contributed by atoms with Gasteiger partial charge in [-0.05, 0) is 28.1 Å². The molecule has 7 heteroatoms. The number of morpholine rings is 1. The monoisotopic (exact) mass is 342 g/mol. The van der Waals surface area contributed by atoms with Gasteiger partial charge in [0, 0.05) is 12.2 Å². The minimum absolute atomic E-state index is 0.137. The summed E-state index contributed by atoms with van der Waals surface area (Å²) >= 11 is 3.30. The number of amides is 1. The average Bonchev–Trinajstić information content (AvgIpc) is 2.48. The van der Waals surface area contributed by atoms with Gasteiger partial charge in [-0.25, -0.2) is 4.79 Å². The van der Waals surface area contributed by atoms with Crippen LogP contribution in [0.3, 0.4) is 0 Å². The maximum Gasteiger partial charge on any atom is 0.331 e. The number of methoxy groups -OCH3 is 1. The molecule has 1 amide bonds. The second-order valence-electron chi connectivity index (χ2n) is 4.32. The van der Waals surface area contributed by atoms with Gasteiger partial charge >= 0.3 is 5.97 Å². The largest absolute Gasteiger partial charge is 0.467 e. The Morgan fingerprint density at radius 3 is 2.95 bits per heavy atom. The third-order valence-corrected chi connectivity index (χ3v) is 4.01. The highest BCUT2D eigenvalue weighted by Gasteiger charge is 2.34. The summed E-state index contributed by atoms with van der Waals surface area (Å²) in [6.45, 7) is 0.858. The van der Waals surface area contributed by atoms with Crippen LogP contribution in [-0.2, 0) is 14.3 Å². The van der Waals surface area contributed by atoms with E-state index in [2.05, 4.69) is 15.9 Å². The van der Waals surface area contributed by atoms with Gasteiger partial charge in [0.2, 0.25) is 0 Å². The minimum Gasteiger partial charge on any atom is -0.467 e. The first kappa shape index (κ1) is 14.8. The number of ether oxygens (including phenoxy) is 2. The molecule has 108 valence electrons. The third-order valence-electron chi connectivity index (χ3n) is 3.12. The van der Waals surface area contributed by atoms with Gasteiger partial charge in [-0.2, -0.15) is 0 Å². The lowest BCUT2D eigenvalue weighted by Crippen LogP contribution is -2.53. The zero-order chi connectivity index (χ0) is 14.7. The highest BCUT2D eigenvalue weighted by molar-refractivity contribution is 9.10. The zero-order valence-electron chi connectivity index (χ0n) is 11.0. The van der Waals surface area contributed by atoms with Crippen LogP contribution in [0.5, 0.6) is 0 Å². The lowest BCUT2D eigenvalue weighted by Gasteiger charge is -2.33. The van der Waals surface area contributed by atoms with E-state index in [1.807, 2.05) is 0 Å². The molecule has 0 saturated carbocycles. The maximum absolute atomic E-state index is 12.6. The van der Waals surface area contributed by atoms with Crippen LogP contribution in [0, 0.1) is 0 Å². The topological polar surface area (TPSA) is 81.9 Å². The number of hydrogen-bond donors (Lipinski definition) is 1. The Morgan fingerprint density at radius 1 is 1.50 bits per heavy atom. The number of nitrogens with zero attached hydrogens (tertiary/aromatic N) is 1. The van der Waals surface area contributed by atoms with Gasteiger partial charge < -0.3 is 20.1 Å². The number of halogens is 1. The molecule has 1 aromatic rings. The summed E-state index contributed by atoms with van der Waals surface area (Å²) in [7, 11) is 1.29. The fourth-order valence-corrected chi connectivity index (χ4v) is 2.48. The number of rotatable bonds is 2. The third kappa shape index (κ3) is 2.78. The van der Waals surface area contributed by atoms with Crippen LogP contribution >= 0.6 is 15.9 Å². The van der Waals surface area contributed by atoms with E-state index in [-0.39, 0.29) is 12.5 Å². The summed E-state index contributed by atoms with van der Waals surface area (Å²) in [5, 5.41) is 0. The molecule has 0 spiro atoms. The zero-order valence-corrected chi connectivity index (χ0v) is 12.6. The fourth-order valence-electron chi connectivity index (χ4n) is 2.05. The highest BCUT2D eigenvalue weighted by Crippen LogP contribution is 2.26. The standard InChI is InChI=1S/C13H15BrN2O4/c1-19-13(18)10-7-20-6-5-16(10)12(17)8-3-2-4-9(15)11(8)14/h2-4,10H,5-7,15H2,1H3. The Hall–Kier alpha value is -1.60. The number of anilines is 1. The number of nitrogens with two attached hydrogens (primary N) is 1. The van der Waals surface area contributed by atoms with Crippen LogP contribution in [0.2, 0.25) is 0 Å². The molecule has 1 aliphatic heterocycles. The summed E-state index contributed by atoms with van der Waals surface area (Å²) in [5.74, 6) is -0.763. The molecule has 0 aliphatic carbocycles. The molecule has 1 heterocycles. The number of benzene rings is 1. The van der Waals surface area contributed by atoms with Gasteiger partial charge in [0.25, 0.3) is 5.91 Å². The average molecular weight is 343 g/mol. The van der Waals surface area contributed by atoms with Crippen molar-refractivity contribution in [3.63, 3.8) is 0 Å². The van der Waals surface area contributed by atoms with E-state index in [1.54, 1.807) is 18.2 Å². The Labute approximate surface area is 124 Å². The van der Waals surface area contributed by atoms with Crippen LogP contribution < -0.4 is 5.73 Å². The second-order valence-corrected chi connectivity index (χ2v) is 5.11. The Bertz CT molecular complexity index is 535. The van der Waals surface area contributed by atoms with Crippen molar-refractivity contribution in [1.82, 2.24) is 4.90 Å². The number of carbonyl (C=O) groups excluding carboxylic acids is 2. The Morgan fingerprint density at radius 2 is 2.25 bits per heavy atom. The van der Waals surface area contributed by atoms with E-state index in [0.29, 0.717) is 28.9 Å². The summed E-state index contributed by atoms with van der Waals surface area (Å²) in [6.07, 6.45) is 0. The summed E-state index contributed by atoms with van der Waals surface area (Å²) in [4.78, 5) is 25.8. The molecule has 1 unspecified atom stereocenters. The van der Waals surface area contributed by atoms with E-state index in [9.17, 15) is 9.59 Å². The number of esters is 1. The molecule has 1 atom stereocenters. The maximum atomic E-state index is 12.6. The van der Waals surface area contributed by atoms with Crippen LogP contribution in [0.4, 0.5) is 5.69 Å². The second kappa shape index (κ2) is 6.23. The van der Waals surface area contributed by atoms with Gasteiger partial charge in [0.15, 0.2) is 6.04 Å². The number of carbonyl (C=O) groups is 2. The molecule has 1 aromatic carbocycles. The molecule has 6 nitrogen and oxygen atoms in total. The van der Waals surface area contributed by atoms with E-state index in [1.165, 1.54) is 12.0 Å². The van der Waals surface area contributed by atoms with Crippen LogP contribution in [-0.4, -0.2) is 49.7 Å². The van der Waals surface area contributed by atoms with E-state index in [4.69, 9.17) is 15.2 Å². The molecule has 1 fully saturated rings. The van der Waals surface area contributed by atoms with Crippen LogP contribution in [0.25, 0.3) is 0 Å². The molecule has 0 bridgehead atoms. The van der Waals surface area contributed by atoms with Crippen LogP contribution in [0.15, 0.2) is 22.7 Å². The molecule has 2 N–H and O–H groups in total. The fraction of sp³-hybridized carbons (Fsp3) is 0.385. The van der Waals surface area contributed by atoms with Crippen molar-refractivity contribution in [2.75, 3.05) is 32.6 Å². The first-order valence-electron chi connectivity index (χ1n) is 6.06. The predicted molar refractivity (Wildman–Crippen MR) is 76.2 cm³/mol. The predicted octanol–water partition coefficient (Wildman–Crippen LogP) is 1.05. The van der Waals surface area contributed by atoms with Gasteiger partial charge in [-0.1, -0.05) is 6.07 Å². The van der Waals surface area contributed by atoms with E-state index in [0.717, 1.165) is 0 Å². The molecule has 20 heavy (non-hydrogen) atoms. The lowest BCUT2D eigenvalue weighted by atomic mass is 10.1. The number of hydrogen-bond acceptors (Lipinski definition) is 5. The van der Waals surface area contributed by atoms with Crippen molar-refractivity contribution in [2.24, 2.45) is 0 Å². The van der Waals surface area contributed by atoms with Crippen molar-refractivity contribution in [3.8, 4) is 0 Å². The van der Waals surface area contributed by atoms with Crippen molar-refractivity contribution < 1.29 is 19.1 Å². The van der Waals surface area contributed by atoms with Crippen molar-refractivity contribution in [1.29, 1.82) is 0 Å². The molecular weight excluding hydrogens is 328 g/mol. The normalized spacial score (nSPS) is 18.7. The summed E-state index contributed by atoms with van der Waals surface area (Å²) in [5.41, 5.74) is 6.66. The molecular formula is C13H15BrN2O4. The quantitative estimate of drug-likeness (QED) is 0.641. The Kier molecular flexibility index (Phi) is 4.61. The first-order valence-corrected chi connectivity index (χ1v) is 6.86. The molecule has 1 saturated heterocycles. The van der Waals surface area contributed by atoms with E-state index >= 15 is 0 Å². The summed E-state index contributed by atoms with van der Waals surface area (Å²) in [6, 6.07) is 4.32. The Balaban J connectivity index is 2.30. The van der Waals surface area contributed by atoms with Gasteiger partial charge in [0.05, 0.1) is 30.4 Å². The molecule has 2 rings (SSSR count). The lowest BCUT2D eigenvalue weighted by molar-refractivity contribution is -0.151. The SMILES string of the molecule is COC(=O)C1COCCN1C(=O)c1cccc(N)c1Br. The van der Waals surface area contributed by atoms with Gasteiger partial charge in [0.1, 0.15) is 0 Å². The minimum atomic E-state index is -0.727. The molecule has 1 aliphatic rings. The highest BCUT2D eigenvalue weighted by atomic mass is 79.9. The van der Waals surface area contributed by atoms with Crippen molar-refractivity contribution in [2.45, 2.75) is 6.04 Å². The van der Waals surface area contributed by atoms with Crippen LogP contribution in [0.1, 0.15) is 10.4 Å². The summed E-state index contributed by atoms with van der Waals surface area (Å²) < 4.78 is 10.5. The molecule has 0 aromatic heterocycles. The molecule has 0 radical (unpaired) electrons. The van der Waals surface area contributed by atoms with Gasteiger partial charge in [-0.15, -0.1) is 0 Å². The first-order chi connectivity index (χ1) is 9.56. The van der Waals surface area contributed by atoms with Gasteiger partial charge in [-0.3, -0.25) is 4.79 Å². The number of nitrogen functional groups attached to an aromatic ring is 1. The van der Waals surface area contributed by atoms with Crippen molar-refractivity contribution in [3.05, 3.63) is 28.2 Å². The smallest absolute Gasteiger partial charge is 0.331 e. The van der Waals surface area contributed by atoms with Crippen molar-refractivity contribution >= 4 is 33.5 Å².